The van der Waals surface area contributed by atoms with Crippen LogP contribution in [0.2, 0.25) is 0 Å². The molecule has 1 aliphatic rings. The van der Waals surface area contributed by atoms with E-state index >= 15 is 0 Å². The molecule has 1 aliphatic heterocycles. The van der Waals surface area contributed by atoms with Gasteiger partial charge < -0.3 is 25.0 Å². The summed E-state index contributed by atoms with van der Waals surface area (Å²) in [4.78, 5) is 38.1. The quantitative estimate of drug-likeness (QED) is 0.781. The molecule has 0 aliphatic carbocycles. The van der Waals surface area contributed by atoms with Crippen LogP contribution < -0.4 is 25.0 Å². The van der Waals surface area contributed by atoms with E-state index in [1.54, 1.807) is 48.4 Å². The molecule has 29 heavy (non-hydrogen) atoms. The highest BCUT2D eigenvalue weighted by Gasteiger charge is 2.35. The summed E-state index contributed by atoms with van der Waals surface area (Å²) in [6, 6.07) is 12.1. The molecule has 2 aromatic rings. The van der Waals surface area contributed by atoms with Gasteiger partial charge in [-0.25, -0.2) is 0 Å². The smallest absolute Gasteiger partial charge is 0.229 e. The molecule has 8 nitrogen and oxygen atoms in total. The summed E-state index contributed by atoms with van der Waals surface area (Å²) in [6.45, 7) is 1.68. The summed E-state index contributed by atoms with van der Waals surface area (Å²) in [7, 11) is 3.06. The van der Waals surface area contributed by atoms with Gasteiger partial charge in [0.15, 0.2) is 0 Å². The van der Waals surface area contributed by atoms with Crippen LogP contribution in [0.5, 0.6) is 11.5 Å². The van der Waals surface area contributed by atoms with Crippen LogP contribution in [0.1, 0.15) is 13.3 Å². The zero-order valence-electron chi connectivity index (χ0n) is 16.5. The summed E-state index contributed by atoms with van der Waals surface area (Å²) in [5.74, 6) is 0.0160. The van der Waals surface area contributed by atoms with Gasteiger partial charge in [0.25, 0.3) is 0 Å². The average Bonchev–Trinajstić information content (AvgIpc) is 3.09. The Kier molecular flexibility index (Phi) is 6.01. The van der Waals surface area contributed by atoms with E-state index in [4.69, 9.17) is 9.47 Å². The number of carbonyl (C=O) groups excluding carboxylic acids is 3. The minimum Gasteiger partial charge on any atom is -0.497 e. The van der Waals surface area contributed by atoms with Gasteiger partial charge in [0.05, 0.1) is 25.8 Å². The average molecular weight is 397 g/mol. The number of nitrogens with one attached hydrogen (secondary N) is 2. The second kappa shape index (κ2) is 8.64. The molecule has 0 saturated carbocycles. The highest BCUT2D eigenvalue weighted by molar-refractivity contribution is 6.04. The van der Waals surface area contributed by atoms with Crippen molar-refractivity contribution in [3.05, 3.63) is 42.5 Å². The number of carbonyl (C=O) groups is 3. The highest BCUT2D eigenvalue weighted by Crippen LogP contribution is 2.30. The first-order valence-corrected chi connectivity index (χ1v) is 9.12. The van der Waals surface area contributed by atoms with E-state index in [0.29, 0.717) is 28.6 Å². The van der Waals surface area contributed by atoms with E-state index in [9.17, 15) is 14.4 Å². The largest absolute Gasteiger partial charge is 0.497 e. The lowest BCUT2D eigenvalue weighted by molar-refractivity contribution is -0.122. The standard InChI is InChI=1S/C21H23N3O5/c1-13(25)22-18-10-15(7-8-19(18)29-3)23-21(27)14-9-20(26)24(12-14)16-5-4-6-17(11-16)28-2/h4-8,10-11,14H,9,12H2,1-3H3,(H,22,25)(H,23,27). The Balaban J connectivity index is 1.71. The first-order valence-electron chi connectivity index (χ1n) is 9.12. The third kappa shape index (κ3) is 4.66. The lowest BCUT2D eigenvalue weighted by Crippen LogP contribution is -2.28. The maximum absolute atomic E-state index is 12.7. The van der Waals surface area contributed by atoms with E-state index in [-0.39, 0.29) is 30.7 Å². The fourth-order valence-electron chi connectivity index (χ4n) is 3.23. The summed E-state index contributed by atoms with van der Waals surface area (Å²) in [6.07, 6.45) is 0.123. The van der Waals surface area contributed by atoms with Crippen LogP contribution in [0.3, 0.4) is 0 Å². The number of nitrogens with zero attached hydrogens (tertiary/aromatic N) is 1. The van der Waals surface area contributed by atoms with Crippen LogP contribution in [0.25, 0.3) is 0 Å². The predicted molar refractivity (Wildman–Crippen MR) is 109 cm³/mol. The zero-order valence-corrected chi connectivity index (χ0v) is 16.5. The van der Waals surface area contributed by atoms with Gasteiger partial charge in [-0.2, -0.15) is 0 Å². The van der Waals surface area contributed by atoms with Gasteiger partial charge in [-0.3, -0.25) is 14.4 Å². The lowest BCUT2D eigenvalue weighted by Gasteiger charge is -2.17. The van der Waals surface area contributed by atoms with Crippen molar-refractivity contribution < 1.29 is 23.9 Å². The van der Waals surface area contributed by atoms with Gasteiger partial charge in [0.1, 0.15) is 11.5 Å². The molecule has 2 aromatic carbocycles. The lowest BCUT2D eigenvalue weighted by atomic mass is 10.1. The summed E-state index contributed by atoms with van der Waals surface area (Å²) < 4.78 is 10.4. The first kappa shape index (κ1) is 20.2. The van der Waals surface area contributed by atoms with Crippen LogP contribution in [0.15, 0.2) is 42.5 Å². The predicted octanol–water partition coefficient (Wildman–Crippen LogP) is 2.65. The van der Waals surface area contributed by atoms with Crippen molar-refractivity contribution >= 4 is 34.8 Å². The monoisotopic (exact) mass is 397 g/mol. The van der Waals surface area contributed by atoms with Crippen molar-refractivity contribution in [2.75, 3.05) is 36.3 Å². The Labute approximate surface area is 168 Å². The van der Waals surface area contributed by atoms with Crippen molar-refractivity contribution in [3.63, 3.8) is 0 Å². The maximum Gasteiger partial charge on any atom is 0.229 e. The minimum absolute atomic E-state index is 0.118. The fourth-order valence-corrected chi connectivity index (χ4v) is 3.23. The van der Waals surface area contributed by atoms with Crippen molar-refractivity contribution in [3.8, 4) is 11.5 Å². The molecule has 0 radical (unpaired) electrons. The van der Waals surface area contributed by atoms with Gasteiger partial charge in [0, 0.05) is 37.3 Å². The Bertz CT molecular complexity index is 944. The number of methoxy groups -OCH3 is 2. The molecular formula is C21H23N3O5. The number of benzene rings is 2. The molecular weight excluding hydrogens is 374 g/mol. The molecule has 0 aromatic heterocycles. The zero-order chi connectivity index (χ0) is 21.0. The number of rotatable bonds is 6. The molecule has 3 rings (SSSR count). The maximum atomic E-state index is 12.7. The van der Waals surface area contributed by atoms with E-state index in [1.807, 2.05) is 6.07 Å². The Hall–Kier alpha value is -3.55. The third-order valence-corrected chi connectivity index (χ3v) is 4.64. The summed E-state index contributed by atoms with van der Waals surface area (Å²) in [5, 5.41) is 5.48. The molecule has 152 valence electrons. The molecule has 1 fully saturated rings. The van der Waals surface area contributed by atoms with Crippen LogP contribution >= 0.6 is 0 Å². The molecule has 8 heteroatoms. The topological polar surface area (TPSA) is 97.0 Å². The van der Waals surface area contributed by atoms with Crippen molar-refractivity contribution in [2.24, 2.45) is 5.92 Å². The Morgan fingerprint density at radius 2 is 1.86 bits per heavy atom. The first-order chi connectivity index (χ1) is 13.9. The molecule has 1 heterocycles. The molecule has 3 amide bonds. The van der Waals surface area contributed by atoms with Gasteiger partial charge in [-0.15, -0.1) is 0 Å². The van der Waals surface area contributed by atoms with Crippen molar-refractivity contribution in [1.29, 1.82) is 0 Å². The summed E-state index contributed by atoms with van der Waals surface area (Å²) >= 11 is 0. The van der Waals surface area contributed by atoms with Crippen LogP contribution in [0, 0.1) is 5.92 Å². The van der Waals surface area contributed by atoms with Gasteiger partial charge in [0.2, 0.25) is 17.7 Å². The van der Waals surface area contributed by atoms with Gasteiger partial charge in [-0.05, 0) is 30.3 Å². The van der Waals surface area contributed by atoms with E-state index < -0.39 is 5.92 Å². The fraction of sp³-hybridized carbons (Fsp3) is 0.286. The number of hydrogen-bond donors (Lipinski definition) is 2. The molecule has 0 bridgehead atoms. The molecule has 1 atom stereocenters. The van der Waals surface area contributed by atoms with Gasteiger partial charge in [-0.1, -0.05) is 6.07 Å². The van der Waals surface area contributed by atoms with Gasteiger partial charge >= 0.3 is 0 Å². The molecule has 1 unspecified atom stereocenters. The SMILES string of the molecule is COc1cccc(N2CC(C(=O)Nc3ccc(OC)c(NC(C)=O)c3)CC2=O)c1. The number of ether oxygens (including phenoxy) is 2. The van der Waals surface area contributed by atoms with Crippen molar-refractivity contribution in [2.45, 2.75) is 13.3 Å². The number of hydrogen-bond acceptors (Lipinski definition) is 5. The van der Waals surface area contributed by atoms with Crippen LogP contribution in [-0.2, 0) is 14.4 Å². The molecule has 0 spiro atoms. The van der Waals surface area contributed by atoms with E-state index in [0.717, 1.165) is 0 Å². The van der Waals surface area contributed by atoms with E-state index in [1.165, 1.54) is 14.0 Å². The summed E-state index contributed by atoms with van der Waals surface area (Å²) in [5.41, 5.74) is 1.66. The third-order valence-electron chi connectivity index (χ3n) is 4.64. The van der Waals surface area contributed by atoms with Crippen LogP contribution in [0.4, 0.5) is 17.1 Å². The van der Waals surface area contributed by atoms with E-state index in [2.05, 4.69) is 10.6 Å². The second-order valence-electron chi connectivity index (χ2n) is 6.69. The highest BCUT2D eigenvalue weighted by atomic mass is 16.5. The minimum atomic E-state index is -0.486. The van der Waals surface area contributed by atoms with Crippen molar-refractivity contribution in [1.82, 2.24) is 0 Å². The molecule has 2 N–H and O–H groups in total. The number of amides is 3. The Morgan fingerprint density at radius 3 is 2.55 bits per heavy atom. The molecule has 1 saturated heterocycles. The van der Waals surface area contributed by atoms with Crippen LogP contribution in [-0.4, -0.2) is 38.5 Å². The number of anilines is 3. The second-order valence-corrected chi connectivity index (χ2v) is 6.69. The Morgan fingerprint density at radius 1 is 1.07 bits per heavy atom. The normalized spacial score (nSPS) is 15.8.